The molecule has 0 spiro atoms. The molecule has 0 aliphatic carbocycles. The predicted octanol–water partition coefficient (Wildman–Crippen LogP) is 3.47. The zero-order chi connectivity index (χ0) is 22.5. The Bertz CT molecular complexity index is 1120. The molecule has 1 N–H and O–H groups in total. The van der Waals surface area contributed by atoms with Crippen molar-refractivity contribution in [3.8, 4) is 28.6 Å². The van der Waals surface area contributed by atoms with Crippen LogP contribution in [-0.2, 0) is 0 Å². The lowest BCUT2D eigenvalue weighted by Crippen LogP contribution is -2.66. The van der Waals surface area contributed by atoms with Crippen molar-refractivity contribution in [2.24, 2.45) is 0 Å². The van der Waals surface area contributed by atoms with Gasteiger partial charge >= 0.3 is 0 Å². The van der Waals surface area contributed by atoms with E-state index >= 15 is 4.39 Å². The fourth-order valence-corrected chi connectivity index (χ4v) is 4.99. The molecule has 0 radical (unpaired) electrons. The van der Waals surface area contributed by atoms with Gasteiger partial charge in [-0.25, -0.2) is 4.39 Å². The molecular weight excluding hydrogens is 411 g/mol. The summed E-state index contributed by atoms with van der Waals surface area (Å²) in [6, 6.07) is 8.83. The maximum atomic E-state index is 15.4. The van der Waals surface area contributed by atoms with Crippen LogP contribution in [0.3, 0.4) is 0 Å². The van der Waals surface area contributed by atoms with Crippen molar-refractivity contribution in [2.45, 2.75) is 63.4 Å². The third kappa shape index (κ3) is 3.50. The SMILES string of the molecule is Cc1cnn(-c2ccc(-c3ccc(O[C@@H]4CC5CCC[C@@](C)([C@@H]4F)N5C)nn3)c(O)c2)n1. The Hall–Kier alpha value is -3.07. The Kier molecular flexibility index (Phi) is 5.08. The zero-order valence-corrected chi connectivity index (χ0v) is 18.4. The monoisotopic (exact) mass is 438 g/mol. The highest BCUT2D eigenvalue weighted by molar-refractivity contribution is 5.68. The molecule has 0 amide bonds. The number of halogens is 1. The lowest BCUT2D eigenvalue weighted by Gasteiger charge is -2.55. The summed E-state index contributed by atoms with van der Waals surface area (Å²) >= 11 is 0. The summed E-state index contributed by atoms with van der Waals surface area (Å²) in [4.78, 5) is 3.63. The quantitative estimate of drug-likeness (QED) is 0.667. The number of rotatable bonds is 4. The minimum atomic E-state index is -1.10. The minimum absolute atomic E-state index is 0.0420. The first-order valence-corrected chi connectivity index (χ1v) is 11.0. The molecule has 4 atom stereocenters. The number of aromatic hydroxyl groups is 1. The van der Waals surface area contributed by atoms with Crippen molar-refractivity contribution >= 4 is 0 Å². The Labute approximate surface area is 186 Å². The number of piperidine rings is 2. The lowest BCUT2D eigenvalue weighted by molar-refractivity contribution is -0.115. The average molecular weight is 439 g/mol. The van der Waals surface area contributed by atoms with Crippen molar-refractivity contribution in [3.05, 3.63) is 42.2 Å². The highest BCUT2D eigenvalue weighted by Gasteiger charge is 2.53. The number of alkyl halides is 1. The van der Waals surface area contributed by atoms with Crippen LogP contribution in [0.1, 0.15) is 38.3 Å². The first-order valence-electron chi connectivity index (χ1n) is 11.0. The van der Waals surface area contributed by atoms with E-state index in [1.54, 1.807) is 36.5 Å². The van der Waals surface area contributed by atoms with Gasteiger partial charge in [-0.1, -0.05) is 0 Å². The van der Waals surface area contributed by atoms with Gasteiger partial charge in [-0.05, 0) is 58.4 Å². The summed E-state index contributed by atoms with van der Waals surface area (Å²) in [5.41, 5.74) is 1.95. The van der Waals surface area contributed by atoms with Gasteiger partial charge in [-0.3, -0.25) is 4.90 Å². The molecule has 9 heteroatoms. The molecule has 2 fully saturated rings. The smallest absolute Gasteiger partial charge is 0.233 e. The number of aryl methyl sites for hydroxylation is 1. The van der Waals surface area contributed by atoms with Gasteiger partial charge in [0, 0.05) is 30.2 Å². The van der Waals surface area contributed by atoms with Crippen LogP contribution in [0.4, 0.5) is 4.39 Å². The van der Waals surface area contributed by atoms with Crippen molar-refractivity contribution in [1.82, 2.24) is 30.1 Å². The molecule has 1 aromatic carbocycles. The number of ether oxygens (including phenoxy) is 1. The van der Waals surface area contributed by atoms with Gasteiger partial charge in [0.25, 0.3) is 0 Å². The number of hydrogen-bond acceptors (Lipinski definition) is 7. The molecule has 1 unspecified atom stereocenters. The summed E-state index contributed by atoms with van der Waals surface area (Å²) < 4.78 is 21.3. The second kappa shape index (κ2) is 7.81. The van der Waals surface area contributed by atoms with Crippen LogP contribution in [0.5, 0.6) is 11.6 Å². The van der Waals surface area contributed by atoms with Gasteiger partial charge in [0.2, 0.25) is 5.88 Å². The summed E-state index contributed by atoms with van der Waals surface area (Å²) in [6.07, 6.45) is 3.59. The van der Waals surface area contributed by atoms with Gasteiger partial charge in [0.05, 0.1) is 28.8 Å². The average Bonchev–Trinajstić information content (AvgIpc) is 3.22. The van der Waals surface area contributed by atoms with Crippen LogP contribution in [0, 0.1) is 6.92 Å². The predicted molar refractivity (Wildman–Crippen MR) is 117 cm³/mol. The summed E-state index contributed by atoms with van der Waals surface area (Å²) in [5.74, 6) is 0.334. The standard InChI is InChI=1S/C23H27FN6O2/c1-14-13-25-30(28-14)16-6-7-17(19(31)11-16)18-8-9-21(27-26-18)32-20-12-15-5-4-10-23(2,22(20)24)29(15)3/h6-9,11,13,15,20,22,31H,4-5,10,12H2,1-3H3/t15?,20-,22-,23+/m1/s1. The fraction of sp³-hybridized carbons (Fsp3) is 0.478. The molecule has 2 aromatic heterocycles. The summed E-state index contributed by atoms with van der Waals surface area (Å²) in [6.45, 7) is 3.83. The molecule has 4 heterocycles. The molecule has 8 nitrogen and oxygen atoms in total. The van der Waals surface area contributed by atoms with Crippen molar-refractivity contribution in [2.75, 3.05) is 7.05 Å². The fourth-order valence-electron chi connectivity index (χ4n) is 4.99. The summed E-state index contributed by atoms with van der Waals surface area (Å²) in [7, 11) is 2.02. The van der Waals surface area contributed by atoms with Gasteiger partial charge in [0.1, 0.15) is 11.9 Å². The van der Waals surface area contributed by atoms with E-state index in [0.29, 0.717) is 35.3 Å². The van der Waals surface area contributed by atoms with E-state index < -0.39 is 17.8 Å². The Morgan fingerprint density at radius 3 is 2.75 bits per heavy atom. The number of benzene rings is 1. The van der Waals surface area contributed by atoms with E-state index in [9.17, 15) is 5.11 Å². The topological polar surface area (TPSA) is 89.2 Å². The van der Waals surface area contributed by atoms with E-state index in [4.69, 9.17) is 4.74 Å². The normalized spacial score (nSPS) is 27.9. The molecule has 3 aromatic rings. The highest BCUT2D eigenvalue weighted by Crippen LogP contribution is 2.43. The molecule has 168 valence electrons. The molecule has 32 heavy (non-hydrogen) atoms. The van der Waals surface area contributed by atoms with Crippen LogP contribution < -0.4 is 4.74 Å². The Morgan fingerprint density at radius 1 is 1.22 bits per heavy atom. The number of phenols is 1. The van der Waals surface area contributed by atoms with Gasteiger partial charge in [0.15, 0.2) is 6.17 Å². The maximum Gasteiger partial charge on any atom is 0.233 e. The van der Waals surface area contributed by atoms with E-state index in [0.717, 1.165) is 25.0 Å². The Balaban J connectivity index is 1.33. The molecule has 2 aliphatic rings. The molecule has 2 bridgehead atoms. The van der Waals surface area contributed by atoms with E-state index in [-0.39, 0.29) is 5.75 Å². The second-order valence-corrected chi connectivity index (χ2v) is 9.04. The lowest BCUT2D eigenvalue weighted by atomic mass is 9.73. The number of nitrogens with zero attached hydrogens (tertiary/aromatic N) is 6. The van der Waals surface area contributed by atoms with Gasteiger partial charge < -0.3 is 9.84 Å². The molecule has 5 rings (SSSR count). The largest absolute Gasteiger partial charge is 0.507 e. The van der Waals surface area contributed by atoms with Gasteiger partial charge in [-0.2, -0.15) is 15.0 Å². The molecule has 0 saturated carbocycles. The number of aromatic nitrogens is 5. The van der Waals surface area contributed by atoms with E-state index in [2.05, 4.69) is 25.3 Å². The maximum absolute atomic E-state index is 15.4. The molecular formula is C23H27FN6O2. The number of phenolic OH excluding ortho intramolecular Hbond substituents is 1. The van der Waals surface area contributed by atoms with Crippen LogP contribution in [0.2, 0.25) is 0 Å². The van der Waals surface area contributed by atoms with Crippen molar-refractivity contribution < 1.29 is 14.2 Å². The van der Waals surface area contributed by atoms with Crippen molar-refractivity contribution in [3.63, 3.8) is 0 Å². The number of hydrogen-bond donors (Lipinski definition) is 1. The Morgan fingerprint density at radius 2 is 2.06 bits per heavy atom. The molecule has 2 saturated heterocycles. The third-order valence-electron chi connectivity index (χ3n) is 7.01. The van der Waals surface area contributed by atoms with E-state index in [1.165, 1.54) is 4.80 Å². The first-order chi connectivity index (χ1) is 15.3. The van der Waals surface area contributed by atoms with Crippen LogP contribution in [0.25, 0.3) is 16.9 Å². The van der Waals surface area contributed by atoms with Crippen molar-refractivity contribution in [1.29, 1.82) is 0 Å². The highest BCUT2D eigenvalue weighted by atomic mass is 19.1. The first kappa shape index (κ1) is 20.8. The second-order valence-electron chi connectivity index (χ2n) is 9.04. The molecule has 2 aliphatic heterocycles. The minimum Gasteiger partial charge on any atom is -0.507 e. The summed E-state index contributed by atoms with van der Waals surface area (Å²) in [5, 5.41) is 27.3. The van der Waals surface area contributed by atoms with Crippen LogP contribution in [-0.4, -0.2) is 66.1 Å². The number of fused-ring (bicyclic) bond motifs is 2. The third-order valence-corrected chi connectivity index (χ3v) is 7.01. The van der Waals surface area contributed by atoms with Gasteiger partial charge in [-0.15, -0.1) is 10.2 Å². The van der Waals surface area contributed by atoms with Crippen LogP contribution in [0.15, 0.2) is 36.5 Å². The zero-order valence-electron chi connectivity index (χ0n) is 18.4. The van der Waals surface area contributed by atoms with E-state index in [1.807, 2.05) is 20.9 Å². The van der Waals surface area contributed by atoms with Crippen LogP contribution >= 0.6 is 0 Å².